The highest BCUT2D eigenvalue weighted by Crippen LogP contribution is 2.26. The normalized spacial score (nSPS) is 21.4. The van der Waals surface area contributed by atoms with E-state index in [0.717, 1.165) is 16.6 Å². The Balaban J connectivity index is 1.80. The number of rotatable bonds is 2. The summed E-state index contributed by atoms with van der Waals surface area (Å²) in [7, 11) is 1.93. The minimum Gasteiger partial charge on any atom is -0.481 e. The second-order valence-corrected chi connectivity index (χ2v) is 6.38. The smallest absolute Gasteiger partial charge is 0.321 e. The number of aromatic nitrogens is 1. The summed E-state index contributed by atoms with van der Waals surface area (Å²) in [5, 5.41) is 13.2. The Bertz CT molecular complexity index is 753. The van der Waals surface area contributed by atoms with E-state index in [4.69, 9.17) is 0 Å². The van der Waals surface area contributed by atoms with Crippen molar-refractivity contribution in [2.24, 2.45) is 18.9 Å². The van der Waals surface area contributed by atoms with Crippen LogP contribution in [0.2, 0.25) is 0 Å². The summed E-state index contributed by atoms with van der Waals surface area (Å²) in [5.41, 5.74) is 1.70. The van der Waals surface area contributed by atoms with Gasteiger partial charge < -0.3 is 19.9 Å². The maximum Gasteiger partial charge on any atom is 0.321 e. The first-order valence-corrected chi connectivity index (χ1v) is 7.78. The van der Waals surface area contributed by atoms with Crippen molar-refractivity contribution in [1.29, 1.82) is 0 Å². The number of benzene rings is 1. The molecule has 2 amide bonds. The Labute approximate surface area is 134 Å². The Morgan fingerprint density at radius 3 is 2.78 bits per heavy atom. The molecule has 6 nitrogen and oxygen atoms in total. The lowest BCUT2D eigenvalue weighted by molar-refractivity contribution is -0.143. The molecule has 1 aliphatic heterocycles. The third-order valence-electron chi connectivity index (χ3n) is 4.44. The van der Waals surface area contributed by atoms with Crippen LogP contribution in [0.3, 0.4) is 0 Å². The zero-order chi connectivity index (χ0) is 16.6. The summed E-state index contributed by atoms with van der Waals surface area (Å²) in [6.07, 6.45) is 2.57. The van der Waals surface area contributed by atoms with Gasteiger partial charge in [0.05, 0.1) is 17.1 Å². The predicted octanol–water partition coefficient (Wildman–Crippen LogP) is 2.75. The van der Waals surface area contributed by atoms with Gasteiger partial charge in [0, 0.05) is 31.7 Å². The summed E-state index contributed by atoms with van der Waals surface area (Å²) in [4.78, 5) is 25.4. The lowest BCUT2D eigenvalue weighted by atomic mass is 9.91. The van der Waals surface area contributed by atoms with E-state index in [1.165, 1.54) is 0 Å². The van der Waals surface area contributed by atoms with Gasteiger partial charge in [-0.3, -0.25) is 4.79 Å². The number of carboxylic acid groups (broad SMARTS) is 1. The first kappa shape index (κ1) is 15.4. The molecule has 2 N–H and O–H groups in total. The van der Waals surface area contributed by atoms with Gasteiger partial charge in [-0.2, -0.15) is 0 Å². The number of carbonyl (C=O) groups excluding carboxylic acids is 1. The molecule has 23 heavy (non-hydrogen) atoms. The number of piperidine rings is 1. The molecule has 1 aromatic heterocycles. The molecule has 2 aromatic rings. The van der Waals surface area contributed by atoms with Crippen molar-refractivity contribution in [1.82, 2.24) is 9.47 Å². The Hall–Kier alpha value is -2.50. The average Bonchev–Trinajstić information content (AvgIpc) is 2.89. The zero-order valence-electron chi connectivity index (χ0n) is 13.3. The van der Waals surface area contributed by atoms with Gasteiger partial charge in [-0.15, -0.1) is 0 Å². The van der Waals surface area contributed by atoms with E-state index >= 15 is 0 Å². The number of carboxylic acids is 1. The number of likely N-dealkylation sites (tertiary alicyclic amines) is 1. The second-order valence-electron chi connectivity index (χ2n) is 6.38. The largest absolute Gasteiger partial charge is 0.481 e. The van der Waals surface area contributed by atoms with E-state index in [1.54, 1.807) is 4.90 Å². The van der Waals surface area contributed by atoms with Gasteiger partial charge in [0.25, 0.3) is 0 Å². The van der Waals surface area contributed by atoms with Crippen LogP contribution in [0, 0.1) is 11.8 Å². The number of para-hydroxylation sites is 1. The predicted molar refractivity (Wildman–Crippen MR) is 88.4 cm³/mol. The lowest BCUT2D eigenvalue weighted by Crippen LogP contribution is -2.47. The summed E-state index contributed by atoms with van der Waals surface area (Å²) in [6.45, 7) is 2.82. The van der Waals surface area contributed by atoms with E-state index in [2.05, 4.69) is 5.32 Å². The molecule has 2 atom stereocenters. The molecular weight excluding hydrogens is 294 g/mol. The van der Waals surface area contributed by atoms with Crippen LogP contribution in [0.25, 0.3) is 10.9 Å². The van der Waals surface area contributed by atoms with Gasteiger partial charge in [0.2, 0.25) is 0 Å². The molecule has 1 aliphatic rings. The van der Waals surface area contributed by atoms with Crippen LogP contribution in [0.5, 0.6) is 0 Å². The number of aryl methyl sites for hydroxylation is 1. The molecule has 0 aliphatic carbocycles. The Morgan fingerprint density at radius 1 is 1.26 bits per heavy atom. The average molecular weight is 315 g/mol. The SMILES string of the molecule is CC1CC(C(=O)O)CN(C(=O)Nc2cccc3ccn(C)c23)C1. The third-order valence-corrected chi connectivity index (χ3v) is 4.44. The van der Waals surface area contributed by atoms with Crippen molar-refractivity contribution in [3.8, 4) is 0 Å². The Kier molecular flexibility index (Phi) is 3.98. The highest BCUT2D eigenvalue weighted by Gasteiger charge is 2.32. The molecule has 1 fully saturated rings. The van der Waals surface area contributed by atoms with Crippen LogP contribution in [-0.4, -0.2) is 39.7 Å². The molecule has 1 saturated heterocycles. The molecule has 0 radical (unpaired) electrons. The summed E-state index contributed by atoms with van der Waals surface area (Å²) >= 11 is 0. The van der Waals surface area contributed by atoms with Gasteiger partial charge in [0.15, 0.2) is 0 Å². The van der Waals surface area contributed by atoms with E-state index in [1.807, 2.05) is 49.0 Å². The van der Waals surface area contributed by atoms with Crippen molar-refractivity contribution in [2.45, 2.75) is 13.3 Å². The molecule has 6 heteroatoms. The molecule has 0 saturated carbocycles. The van der Waals surface area contributed by atoms with E-state index in [-0.39, 0.29) is 18.5 Å². The van der Waals surface area contributed by atoms with Crippen molar-refractivity contribution in [3.63, 3.8) is 0 Å². The lowest BCUT2D eigenvalue weighted by Gasteiger charge is -2.34. The maximum atomic E-state index is 12.6. The van der Waals surface area contributed by atoms with Crippen LogP contribution in [-0.2, 0) is 11.8 Å². The standard InChI is InChI=1S/C17H21N3O3/c1-11-8-13(16(21)22)10-20(9-11)17(23)18-14-5-3-4-12-6-7-19(2)15(12)14/h3-7,11,13H,8-10H2,1-2H3,(H,18,23)(H,21,22). The highest BCUT2D eigenvalue weighted by molar-refractivity contribution is 6.00. The van der Waals surface area contributed by atoms with E-state index in [9.17, 15) is 14.7 Å². The molecule has 122 valence electrons. The van der Waals surface area contributed by atoms with Gasteiger partial charge in [-0.1, -0.05) is 19.1 Å². The zero-order valence-corrected chi connectivity index (χ0v) is 13.3. The number of urea groups is 1. The minimum atomic E-state index is -0.834. The number of nitrogens with zero attached hydrogens (tertiary/aromatic N) is 2. The number of hydrogen-bond donors (Lipinski definition) is 2. The summed E-state index contributed by atoms with van der Waals surface area (Å²) < 4.78 is 1.96. The molecule has 2 unspecified atom stereocenters. The summed E-state index contributed by atoms with van der Waals surface area (Å²) in [5.74, 6) is -1.14. The van der Waals surface area contributed by atoms with Gasteiger partial charge in [0.1, 0.15) is 0 Å². The monoisotopic (exact) mass is 315 g/mol. The van der Waals surface area contributed by atoms with Crippen LogP contribution in [0.1, 0.15) is 13.3 Å². The van der Waals surface area contributed by atoms with Crippen LogP contribution >= 0.6 is 0 Å². The van der Waals surface area contributed by atoms with Crippen molar-refractivity contribution >= 4 is 28.6 Å². The number of amides is 2. The fraction of sp³-hybridized carbons (Fsp3) is 0.412. The fourth-order valence-corrected chi connectivity index (χ4v) is 3.35. The molecule has 0 spiro atoms. The number of nitrogens with one attached hydrogen (secondary N) is 1. The van der Waals surface area contributed by atoms with Crippen LogP contribution < -0.4 is 5.32 Å². The quantitative estimate of drug-likeness (QED) is 0.895. The molecule has 2 heterocycles. The number of aliphatic carboxylic acids is 1. The van der Waals surface area contributed by atoms with Crippen LogP contribution in [0.4, 0.5) is 10.5 Å². The van der Waals surface area contributed by atoms with Gasteiger partial charge in [-0.25, -0.2) is 4.79 Å². The Morgan fingerprint density at radius 2 is 2.04 bits per heavy atom. The number of anilines is 1. The molecular formula is C17H21N3O3. The highest BCUT2D eigenvalue weighted by atomic mass is 16.4. The number of hydrogen-bond acceptors (Lipinski definition) is 2. The minimum absolute atomic E-state index is 0.182. The second kappa shape index (κ2) is 5.95. The van der Waals surface area contributed by atoms with Gasteiger partial charge in [-0.05, 0) is 24.5 Å². The maximum absolute atomic E-state index is 12.6. The van der Waals surface area contributed by atoms with Crippen molar-refractivity contribution in [3.05, 3.63) is 30.5 Å². The van der Waals surface area contributed by atoms with Crippen molar-refractivity contribution < 1.29 is 14.7 Å². The van der Waals surface area contributed by atoms with Crippen molar-refractivity contribution in [2.75, 3.05) is 18.4 Å². The topological polar surface area (TPSA) is 74.6 Å². The van der Waals surface area contributed by atoms with E-state index in [0.29, 0.717) is 13.0 Å². The molecule has 0 bridgehead atoms. The summed E-state index contributed by atoms with van der Waals surface area (Å²) in [6, 6.07) is 7.51. The van der Waals surface area contributed by atoms with E-state index < -0.39 is 11.9 Å². The molecule has 3 rings (SSSR count). The van der Waals surface area contributed by atoms with Gasteiger partial charge >= 0.3 is 12.0 Å². The van der Waals surface area contributed by atoms with Crippen LogP contribution in [0.15, 0.2) is 30.5 Å². The first-order valence-electron chi connectivity index (χ1n) is 7.78. The fourth-order valence-electron chi connectivity index (χ4n) is 3.35. The first-order chi connectivity index (χ1) is 11.0. The number of carbonyl (C=O) groups is 2. The number of fused-ring (bicyclic) bond motifs is 1. The third kappa shape index (κ3) is 3.02. The molecule has 1 aromatic carbocycles.